The number of ether oxygens (including phenoxy) is 1. The van der Waals surface area contributed by atoms with Crippen molar-refractivity contribution in [1.82, 2.24) is 19.5 Å². The van der Waals surface area contributed by atoms with Crippen LogP contribution < -0.4 is 5.56 Å². The van der Waals surface area contributed by atoms with Gasteiger partial charge in [0, 0.05) is 4.91 Å². The van der Waals surface area contributed by atoms with Crippen LogP contribution in [0.5, 0.6) is 0 Å². The summed E-state index contributed by atoms with van der Waals surface area (Å²) >= 11 is 3.34. The molecule has 0 bridgehead atoms. The SMILES string of the molecule is Cc1nc2c(ncn2[C@@H]2O[C@H](CN=[N+]=[N-])C(Br)[C@@H]2O)c(=O)[nH]1. The van der Waals surface area contributed by atoms with E-state index in [1.807, 2.05) is 0 Å². The molecule has 116 valence electrons. The number of azide groups is 1. The minimum atomic E-state index is -0.905. The molecule has 1 aliphatic heterocycles. The highest BCUT2D eigenvalue weighted by Gasteiger charge is 2.43. The number of fused-ring (bicyclic) bond motifs is 1. The Morgan fingerprint density at radius 3 is 3.18 bits per heavy atom. The van der Waals surface area contributed by atoms with E-state index in [0.29, 0.717) is 11.5 Å². The predicted molar refractivity (Wildman–Crippen MR) is 79.5 cm³/mol. The normalized spacial score (nSPS) is 28.0. The number of halogens is 1. The van der Waals surface area contributed by atoms with Crippen LogP contribution in [0.15, 0.2) is 16.2 Å². The Morgan fingerprint density at radius 1 is 1.68 bits per heavy atom. The molecule has 10 nitrogen and oxygen atoms in total. The summed E-state index contributed by atoms with van der Waals surface area (Å²) < 4.78 is 7.24. The highest BCUT2D eigenvalue weighted by molar-refractivity contribution is 9.09. The Balaban J connectivity index is 2.01. The Labute approximate surface area is 131 Å². The highest BCUT2D eigenvalue weighted by Crippen LogP contribution is 2.35. The molecule has 1 fully saturated rings. The molecule has 2 aromatic heterocycles. The van der Waals surface area contributed by atoms with Gasteiger partial charge in [0.15, 0.2) is 17.4 Å². The number of aliphatic hydroxyl groups excluding tert-OH is 1. The predicted octanol–water partition coefficient (Wildman–Crippen LogP) is 0.760. The van der Waals surface area contributed by atoms with Crippen molar-refractivity contribution >= 4 is 27.1 Å². The van der Waals surface area contributed by atoms with Crippen molar-refractivity contribution in [2.75, 3.05) is 6.54 Å². The zero-order valence-corrected chi connectivity index (χ0v) is 13.0. The number of aromatic amines is 1. The molecule has 3 rings (SSSR count). The third-order valence-electron chi connectivity index (χ3n) is 3.44. The Hall–Kier alpha value is -1.94. The first-order chi connectivity index (χ1) is 10.5. The monoisotopic (exact) mass is 369 g/mol. The zero-order valence-electron chi connectivity index (χ0n) is 11.4. The van der Waals surface area contributed by atoms with Crippen molar-refractivity contribution in [3.63, 3.8) is 0 Å². The maximum absolute atomic E-state index is 11.8. The van der Waals surface area contributed by atoms with Crippen LogP contribution in [0.3, 0.4) is 0 Å². The number of H-pyrrole nitrogens is 1. The van der Waals surface area contributed by atoms with Crippen LogP contribution in [0.4, 0.5) is 0 Å². The molecule has 1 saturated heterocycles. The largest absolute Gasteiger partial charge is 0.387 e. The molecule has 11 heteroatoms. The number of imidazole rings is 1. The van der Waals surface area contributed by atoms with E-state index in [0.717, 1.165) is 0 Å². The first kappa shape index (κ1) is 15.0. The fraction of sp³-hybridized carbons (Fsp3) is 0.545. The van der Waals surface area contributed by atoms with Crippen molar-refractivity contribution in [2.45, 2.75) is 30.2 Å². The molecule has 4 atom stereocenters. The van der Waals surface area contributed by atoms with Gasteiger partial charge in [0.1, 0.15) is 11.9 Å². The van der Waals surface area contributed by atoms with Crippen molar-refractivity contribution in [3.8, 4) is 0 Å². The first-order valence-corrected chi connectivity index (χ1v) is 7.36. The average Bonchev–Trinajstić information content (AvgIpc) is 3.00. The second kappa shape index (κ2) is 5.69. The van der Waals surface area contributed by atoms with E-state index in [2.05, 4.69) is 40.9 Å². The van der Waals surface area contributed by atoms with Crippen LogP contribution >= 0.6 is 15.9 Å². The number of aryl methyl sites for hydroxylation is 1. The summed E-state index contributed by atoms with van der Waals surface area (Å²) in [6, 6.07) is 0. The third-order valence-corrected chi connectivity index (χ3v) is 4.57. The Kier molecular flexibility index (Phi) is 3.87. The van der Waals surface area contributed by atoms with Crippen LogP contribution in [-0.4, -0.2) is 48.2 Å². The summed E-state index contributed by atoms with van der Waals surface area (Å²) in [7, 11) is 0. The molecule has 0 aliphatic carbocycles. The van der Waals surface area contributed by atoms with Gasteiger partial charge in [-0.3, -0.25) is 9.36 Å². The standard InChI is InChI=1S/C11H12BrN7O3/c1-4-16-9-7(10(21)17-4)14-3-19(9)11-8(20)6(12)5(22-11)2-15-18-13/h3,5-6,8,11,20H,2H2,1H3,(H,16,17,21)/t5-,6?,8+,11-/m1/s1. The van der Waals surface area contributed by atoms with Gasteiger partial charge in [-0.2, -0.15) is 0 Å². The Bertz CT molecular complexity index is 812. The van der Waals surface area contributed by atoms with E-state index in [-0.39, 0.29) is 17.6 Å². The number of nitrogens with one attached hydrogen (secondary N) is 1. The van der Waals surface area contributed by atoms with Crippen molar-refractivity contribution in [2.24, 2.45) is 5.11 Å². The van der Waals surface area contributed by atoms with E-state index in [4.69, 9.17) is 10.3 Å². The zero-order chi connectivity index (χ0) is 15.9. The minimum Gasteiger partial charge on any atom is -0.387 e. The molecule has 0 spiro atoms. The van der Waals surface area contributed by atoms with Gasteiger partial charge in [0.05, 0.1) is 23.8 Å². The molecule has 2 aromatic rings. The molecule has 0 amide bonds. The highest BCUT2D eigenvalue weighted by atomic mass is 79.9. The summed E-state index contributed by atoms with van der Waals surface area (Å²) in [5.41, 5.74) is 8.54. The lowest BCUT2D eigenvalue weighted by molar-refractivity contribution is -0.0321. The molecule has 2 N–H and O–H groups in total. The van der Waals surface area contributed by atoms with Gasteiger partial charge < -0.3 is 14.8 Å². The number of rotatable bonds is 3. The fourth-order valence-electron chi connectivity index (χ4n) is 2.42. The van der Waals surface area contributed by atoms with Crippen molar-refractivity contribution in [1.29, 1.82) is 0 Å². The van der Waals surface area contributed by atoms with E-state index >= 15 is 0 Å². The lowest BCUT2D eigenvalue weighted by atomic mass is 10.2. The summed E-state index contributed by atoms with van der Waals surface area (Å²) in [5, 5.41) is 13.8. The van der Waals surface area contributed by atoms with Crippen LogP contribution in [0.25, 0.3) is 21.6 Å². The molecular formula is C11H12BrN7O3. The van der Waals surface area contributed by atoms with E-state index < -0.39 is 23.3 Å². The first-order valence-electron chi connectivity index (χ1n) is 6.45. The van der Waals surface area contributed by atoms with Crippen LogP contribution in [0.2, 0.25) is 0 Å². The number of nitrogens with zero attached hydrogens (tertiary/aromatic N) is 6. The molecule has 0 saturated carbocycles. The summed E-state index contributed by atoms with van der Waals surface area (Å²) in [5.74, 6) is 0.438. The van der Waals surface area contributed by atoms with E-state index in [1.165, 1.54) is 10.9 Å². The summed E-state index contributed by atoms with van der Waals surface area (Å²) in [6.07, 6.45) is -0.772. The van der Waals surface area contributed by atoms with Crippen molar-refractivity contribution in [3.05, 3.63) is 32.9 Å². The molecule has 0 radical (unpaired) electrons. The maximum atomic E-state index is 11.8. The maximum Gasteiger partial charge on any atom is 0.279 e. The van der Waals surface area contributed by atoms with Crippen LogP contribution in [0, 0.1) is 6.92 Å². The van der Waals surface area contributed by atoms with Gasteiger partial charge in [-0.05, 0) is 12.5 Å². The van der Waals surface area contributed by atoms with Crippen LogP contribution in [-0.2, 0) is 4.74 Å². The quantitative estimate of drug-likeness (QED) is 0.355. The van der Waals surface area contributed by atoms with Gasteiger partial charge in [-0.15, -0.1) is 0 Å². The van der Waals surface area contributed by atoms with Gasteiger partial charge in [-0.25, -0.2) is 9.97 Å². The second-order valence-electron chi connectivity index (χ2n) is 4.89. The summed E-state index contributed by atoms with van der Waals surface area (Å²) in [6.45, 7) is 1.74. The minimum absolute atomic E-state index is 0.0830. The van der Waals surface area contributed by atoms with Gasteiger partial charge in [0.25, 0.3) is 5.56 Å². The average molecular weight is 370 g/mol. The summed E-state index contributed by atoms with van der Waals surface area (Å²) in [4.78, 5) is 24.9. The lowest BCUT2D eigenvalue weighted by Crippen LogP contribution is -2.27. The number of hydrogen-bond acceptors (Lipinski definition) is 6. The van der Waals surface area contributed by atoms with Gasteiger partial charge >= 0.3 is 0 Å². The van der Waals surface area contributed by atoms with Crippen LogP contribution in [0.1, 0.15) is 12.1 Å². The van der Waals surface area contributed by atoms with Gasteiger partial charge in [-0.1, -0.05) is 21.0 Å². The van der Waals surface area contributed by atoms with E-state index in [9.17, 15) is 9.90 Å². The van der Waals surface area contributed by atoms with Crippen molar-refractivity contribution < 1.29 is 9.84 Å². The number of hydrogen-bond donors (Lipinski definition) is 2. The molecule has 0 aromatic carbocycles. The molecule has 22 heavy (non-hydrogen) atoms. The lowest BCUT2D eigenvalue weighted by Gasteiger charge is -2.16. The molecular weight excluding hydrogens is 358 g/mol. The Morgan fingerprint density at radius 2 is 2.45 bits per heavy atom. The topological polar surface area (TPSA) is 142 Å². The smallest absolute Gasteiger partial charge is 0.279 e. The molecule has 1 unspecified atom stereocenters. The fourth-order valence-corrected chi connectivity index (χ4v) is 2.98. The van der Waals surface area contributed by atoms with E-state index in [1.54, 1.807) is 6.92 Å². The number of aromatic nitrogens is 4. The third kappa shape index (κ3) is 2.37. The van der Waals surface area contributed by atoms with Gasteiger partial charge in [0.2, 0.25) is 0 Å². The molecule has 3 heterocycles. The molecule has 1 aliphatic rings. The number of alkyl halides is 1. The second-order valence-corrected chi connectivity index (χ2v) is 5.95. The number of aliphatic hydroxyl groups is 1.